The van der Waals surface area contributed by atoms with Crippen LogP contribution in [0.15, 0.2) is 35.3 Å². The number of nitrogens with zero attached hydrogens (tertiary/aromatic N) is 1. The number of rotatable bonds is 6. The normalized spacial score (nSPS) is 15.5. The largest absolute Gasteiger partial charge is 0.477 e. The second-order valence-electron chi connectivity index (χ2n) is 6.27. The molecule has 2 rings (SSSR count). The van der Waals surface area contributed by atoms with Gasteiger partial charge in [0.25, 0.3) is 0 Å². The van der Waals surface area contributed by atoms with Crippen molar-refractivity contribution in [2.24, 2.45) is 4.99 Å². The van der Waals surface area contributed by atoms with E-state index >= 15 is 0 Å². The Hall–Kier alpha value is -2.08. The lowest BCUT2D eigenvalue weighted by Gasteiger charge is -2.23. The van der Waals surface area contributed by atoms with Crippen molar-refractivity contribution in [3.8, 4) is 0 Å². The molecule has 0 radical (unpaired) electrons. The Labute approximate surface area is 136 Å². The zero-order chi connectivity index (χ0) is 16.7. The Morgan fingerprint density at radius 3 is 2.70 bits per heavy atom. The monoisotopic (exact) mass is 320 g/mol. The van der Waals surface area contributed by atoms with E-state index in [4.69, 9.17) is 14.2 Å². The predicted octanol–water partition coefficient (Wildman–Crippen LogP) is 2.53. The number of aliphatic imine (C=N–C) groups is 1. The van der Waals surface area contributed by atoms with Crippen LogP contribution in [0.5, 0.6) is 0 Å². The maximum Gasteiger partial charge on any atom is 0.408 e. The van der Waals surface area contributed by atoms with Gasteiger partial charge in [-0.2, -0.15) is 0 Å². The number of carbonyl (C=O) groups is 1. The van der Waals surface area contributed by atoms with E-state index in [0.717, 1.165) is 5.56 Å². The molecule has 0 saturated heterocycles. The van der Waals surface area contributed by atoms with Gasteiger partial charge in [-0.05, 0) is 26.3 Å². The second kappa shape index (κ2) is 7.97. The van der Waals surface area contributed by atoms with Gasteiger partial charge in [0.05, 0.1) is 19.8 Å². The SMILES string of the molecule is CC(C)(C)OC(=O)NC(COCc1ccccc1)C1=NCCO1. The molecule has 23 heavy (non-hydrogen) atoms. The molecule has 1 aromatic rings. The number of hydrogen-bond donors (Lipinski definition) is 1. The van der Waals surface area contributed by atoms with Gasteiger partial charge in [0.2, 0.25) is 5.90 Å². The first-order valence-corrected chi connectivity index (χ1v) is 7.72. The zero-order valence-electron chi connectivity index (χ0n) is 13.9. The average Bonchev–Trinajstić information content (AvgIpc) is 2.99. The molecule has 0 fully saturated rings. The molecule has 0 saturated carbocycles. The van der Waals surface area contributed by atoms with Crippen molar-refractivity contribution < 1.29 is 19.0 Å². The number of nitrogens with one attached hydrogen (secondary N) is 1. The van der Waals surface area contributed by atoms with Crippen molar-refractivity contribution in [1.82, 2.24) is 5.32 Å². The predicted molar refractivity (Wildman–Crippen MR) is 87.5 cm³/mol. The maximum atomic E-state index is 12.0. The highest BCUT2D eigenvalue weighted by atomic mass is 16.6. The Morgan fingerprint density at radius 2 is 2.09 bits per heavy atom. The van der Waals surface area contributed by atoms with Crippen molar-refractivity contribution in [2.75, 3.05) is 19.8 Å². The van der Waals surface area contributed by atoms with Crippen molar-refractivity contribution in [3.05, 3.63) is 35.9 Å². The topological polar surface area (TPSA) is 69.2 Å². The molecule has 1 atom stereocenters. The number of benzene rings is 1. The number of alkyl carbamates (subject to hydrolysis) is 1. The van der Waals surface area contributed by atoms with Crippen LogP contribution < -0.4 is 5.32 Å². The lowest BCUT2D eigenvalue weighted by molar-refractivity contribution is 0.0457. The van der Waals surface area contributed by atoms with Gasteiger partial charge in [-0.1, -0.05) is 30.3 Å². The first-order chi connectivity index (χ1) is 10.9. The minimum Gasteiger partial charge on any atom is -0.477 e. The summed E-state index contributed by atoms with van der Waals surface area (Å²) < 4.78 is 16.4. The number of amides is 1. The Balaban J connectivity index is 1.88. The standard InChI is InChI=1S/C17H24N2O4/c1-17(2,3)23-16(20)19-14(15-18-9-10-22-15)12-21-11-13-7-5-4-6-8-13/h4-8,14H,9-12H2,1-3H3,(H,19,20). The summed E-state index contributed by atoms with van der Waals surface area (Å²) in [5, 5.41) is 2.76. The first-order valence-electron chi connectivity index (χ1n) is 7.72. The highest BCUT2D eigenvalue weighted by Crippen LogP contribution is 2.09. The van der Waals surface area contributed by atoms with E-state index in [2.05, 4.69) is 10.3 Å². The van der Waals surface area contributed by atoms with Crippen LogP contribution in [-0.4, -0.2) is 43.4 Å². The van der Waals surface area contributed by atoms with Crippen molar-refractivity contribution >= 4 is 12.0 Å². The molecule has 6 nitrogen and oxygen atoms in total. The van der Waals surface area contributed by atoms with Gasteiger partial charge in [-0.15, -0.1) is 0 Å². The third kappa shape index (κ3) is 6.28. The molecule has 0 bridgehead atoms. The van der Waals surface area contributed by atoms with Gasteiger partial charge in [0.1, 0.15) is 18.2 Å². The molecule has 1 heterocycles. The van der Waals surface area contributed by atoms with Crippen LogP contribution in [0.4, 0.5) is 4.79 Å². The molecule has 6 heteroatoms. The molecular formula is C17H24N2O4. The van der Waals surface area contributed by atoms with Gasteiger partial charge in [-0.3, -0.25) is 4.99 Å². The molecule has 1 aliphatic heterocycles. The van der Waals surface area contributed by atoms with E-state index in [0.29, 0.717) is 25.7 Å². The summed E-state index contributed by atoms with van der Waals surface area (Å²) in [6.07, 6.45) is -0.510. The van der Waals surface area contributed by atoms with E-state index in [-0.39, 0.29) is 6.61 Å². The van der Waals surface area contributed by atoms with Crippen LogP contribution in [0.1, 0.15) is 26.3 Å². The first kappa shape index (κ1) is 17.3. The average molecular weight is 320 g/mol. The fraction of sp³-hybridized carbons (Fsp3) is 0.529. The van der Waals surface area contributed by atoms with Gasteiger partial charge < -0.3 is 19.5 Å². The van der Waals surface area contributed by atoms with E-state index in [1.807, 2.05) is 51.1 Å². The van der Waals surface area contributed by atoms with Crippen LogP contribution in [0, 0.1) is 0 Å². The molecule has 0 aliphatic carbocycles. The number of hydrogen-bond acceptors (Lipinski definition) is 5. The van der Waals surface area contributed by atoms with Crippen LogP contribution in [-0.2, 0) is 20.8 Å². The third-order valence-electron chi connectivity index (χ3n) is 2.99. The molecular weight excluding hydrogens is 296 g/mol. The Morgan fingerprint density at radius 1 is 1.35 bits per heavy atom. The van der Waals surface area contributed by atoms with E-state index in [1.165, 1.54) is 0 Å². The van der Waals surface area contributed by atoms with Gasteiger partial charge in [-0.25, -0.2) is 4.79 Å². The maximum absolute atomic E-state index is 12.0. The molecule has 126 valence electrons. The fourth-order valence-corrected chi connectivity index (χ4v) is 2.06. The molecule has 1 amide bonds. The summed E-state index contributed by atoms with van der Waals surface area (Å²) in [7, 11) is 0. The van der Waals surface area contributed by atoms with E-state index < -0.39 is 17.7 Å². The Kier molecular flexibility index (Phi) is 5.98. The minimum absolute atomic E-state index is 0.271. The number of ether oxygens (including phenoxy) is 3. The van der Waals surface area contributed by atoms with Crippen LogP contribution in [0.3, 0.4) is 0 Å². The highest BCUT2D eigenvalue weighted by Gasteiger charge is 2.26. The second-order valence-corrected chi connectivity index (χ2v) is 6.27. The summed E-state index contributed by atoms with van der Waals surface area (Å²) in [6.45, 7) is 7.31. The molecule has 1 aromatic carbocycles. The quantitative estimate of drug-likeness (QED) is 0.874. The molecule has 1 unspecified atom stereocenters. The van der Waals surface area contributed by atoms with Gasteiger partial charge >= 0.3 is 6.09 Å². The summed E-state index contributed by atoms with van der Waals surface area (Å²) in [5.41, 5.74) is 0.510. The van der Waals surface area contributed by atoms with E-state index in [1.54, 1.807) is 0 Å². The minimum atomic E-state index is -0.558. The van der Waals surface area contributed by atoms with Crippen molar-refractivity contribution in [1.29, 1.82) is 0 Å². The molecule has 0 aromatic heterocycles. The smallest absolute Gasteiger partial charge is 0.408 e. The third-order valence-corrected chi connectivity index (χ3v) is 2.99. The summed E-state index contributed by atoms with van der Waals surface area (Å²) >= 11 is 0. The zero-order valence-corrected chi connectivity index (χ0v) is 13.9. The van der Waals surface area contributed by atoms with Gasteiger partial charge in [0.15, 0.2) is 0 Å². The molecule has 0 spiro atoms. The van der Waals surface area contributed by atoms with E-state index in [9.17, 15) is 4.79 Å². The Bertz CT molecular complexity index is 537. The van der Waals surface area contributed by atoms with Crippen molar-refractivity contribution in [3.63, 3.8) is 0 Å². The summed E-state index contributed by atoms with van der Waals surface area (Å²) in [6, 6.07) is 9.39. The van der Waals surface area contributed by atoms with Gasteiger partial charge in [0, 0.05) is 0 Å². The van der Waals surface area contributed by atoms with Crippen LogP contribution >= 0.6 is 0 Å². The van der Waals surface area contributed by atoms with Crippen molar-refractivity contribution in [2.45, 2.75) is 39.0 Å². The summed E-state index contributed by atoms with van der Waals surface area (Å²) in [4.78, 5) is 16.2. The number of carbonyl (C=O) groups excluding carboxylic acids is 1. The lowest BCUT2D eigenvalue weighted by Crippen LogP contribution is -2.46. The fourth-order valence-electron chi connectivity index (χ4n) is 2.06. The molecule has 1 aliphatic rings. The highest BCUT2D eigenvalue weighted by molar-refractivity contribution is 5.86. The lowest BCUT2D eigenvalue weighted by atomic mass is 10.2. The van der Waals surface area contributed by atoms with Crippen LogP contribution in [0.2, 0.25) is 0 Å². The van der Waals surface area contributed by atoms with Crippen LogP contribution in [0.25, 0.3) is 0 Å². The molecule has 1 N–H and O–H groups in total. The summed E-state index contributed by atoms with van der Waals surface area (Å²) in [5.74, 6) is 0.490.